The van der Waals surface area contributed by atoms with Gasteiger partial charge in [0.25, 0.3) is 0 Å². The molecular weight excluding hydrogens is 226 g/mol. The summed E-state index contributed by atoms with van der Waals surface area (Å²) in [5, 5.41) is 13.5. The van der Waals surface area contributed by atoms with Crippen LogP contribution in [-0.2, 0) is 9.59 Å². The highest BCUT2D eigenvalue weighted by Gasteiger charge is 2.22. The van der Waals surface area contributed by atoms with E-state index >= 15 is 0 Å². The molecule has 0 aliphatic carbocycles. The fourth-order valence-corrected chi connectivity index (χ4v) is 0.975. The minimum atomic E-state index is -1.30. The van der Waals surface area contributed by atoms with Crippen LogP contribution in [0.2, 0.25) is 0 Å². The standard InChI is InChI=1S/C10H19N3O4/c1-5(2)6(3)12-10(17)13-7(9(15)16)4-8(11)14/h5-7H,4H2,1-3H3,(H2,11,14)(H,15,16)(H2,12,13,17). The molecule has 7 heteroatoms. The van der Waals surface area contributed by atoms with E-state index in [4.69, 9.17) is 10.8 Å². The van der Waals surface area contributed by atoms with Gasteiger partial charge in [0.05, 0.1) is 6.42 Å². The van der Waals surface area contributed by atoms with Gasteiger partial charge in [0.2, 0.25) is 5.91 Å². The van der Waals surface area contributed by atoms with Crippen molar-refractivity contribution < 1.29 is 19.5 Å². The molecule has 5 N–H and O–H groups in total. The van der Waals surface area contributed by atoms with Gasteiger partial charge in [-0.3, -0.25) is 4.79 Å². The van der Waals surface area contributed by atoms with Crippen LogP contribution in [0.1, 0.15) is 27.2 Å². The van der Waals surface area contributed by atoms with Crippen molar-refractivity contribution in [3.05, 3.63) is 0 Å². The van der Waals surface area contributed by atoms with Gasteiger partial charge in [0, 0.05) is 6.04 Å². The first-order valence-electron chi connectivity index (χ1n) is 5.32. The summed E-state index contributed by atoms with van der Waals surface area (Å²) >= 11 is 0. The summed E-state index contributed by atoms with van der Waals surface area (Å²) in [7, 11) is 0. The largest absolute Gasteiger partial charge is 0.480 e. The quantitative estimate of drug-likeness (QED) is 0.511. The van der Waals surface area contributed by atoms with Gasteiger partial charge in [-0.2, -0.15) is 0 Å². The molecule has 0 spiro atoms. The third-order valence-corrected chi connectivity index (χ3v) is 2.37. The average molecular weight is 245 g/mol. The predicted octanol–water partition coefficient (Wildman–Crippen LogP) is -0.341. The van der Waals surface area contributed by atoms with Crippen LogP contribution in [0.15, 0.2) is 0 Å². The highest BCUT2D eigenvalue weighted by Crippen LogP contribution is 1.99. The number of hydrogen-bond donors (Lipinski definition) is 4. The molecule has 0 rings (SSSR count). The summed E-state index contributed by atoms with van der Waals surface area (Å²) in [6.07, 6.45) is -0.432. The van der Waals surface area contributed by atoms with E-state index in [2.05, 4.69) is 10.6 Å². The lowest BCUT2D eigenvalue weighted by Gasteiger charge is -2.19. The molecule has 0 saturated heterocycles. The second-order valence-electron chi connectivity index (χ2n) is 4.21. The van der Waals surface area contributed by atoms with Crippen LogP contribution in [0.5, 0.6) is 0 Å². The van der Waals surface area contributed by atoms with Crippen molar-refractivity contribution in [1.82, 2.24) is 10.6 Å². The minimum absolute atomic E-state index is 0.0991. The maximum atomic E-state index is 11.4. The molecule has 0 saturated carbocycles. The molecule has 0 heterocycles. The Kier molecular flexibility index (Phi) is 6.01. The van der Waals surface area contributed by atoms with Crippen molar-refractivity contribution >= 4 is 17.9 Å². The van der Waals surface area contributed by atoms with Crippen LogP contribution in [0.25, 0.3) is 0 Å². The topological polar surface area (TPSA) is 122 Å². The lowest BCUT2D eigenvalue weighted by molar-refractivity contribution is -0.140. The van der Waals surface area contributed by atoms with Crippen molar-refractivity contribution in [1.29, 1.82) is 0 Å². The Hall–Kier alpha value is -1.79. The summed E-state index contributed by atoms with van der Waals surface area (Å²) in [5.74, 6) is -1.86. The van der Waals surface area contributed by atoms with E-state index < -0.39 is 30.4 Å². The fraction of sp³-hybridized carbons (Fsp3) is 0.700. The first-order chi connectivity index (χ1) is 7.73. The van der Waals surface area contributed by atoms with Crippen molar-refractivity contribution in [3.8, 4) is 0 Å². The second kappa shape index (κ2) is 6.72. The fourth-order valence-electron chi connectivity index (χ4n) is 0.975. The molecule has 0 radical (unpaired) electrons. The van der Waals surface area contributed by atoms with Gasteiger partial charge in [0.1, 0.15) is 6.04 Å². The van der Waals surface area contributed by atoms with Crippen LogP contribution in [0, 0.1) is 5.92 Å². The number of urea groups is 1. The smallest absolute Gasteiger partial charge is 0.326 e. The van der Waals surface area contributed by atoms with Gasteiger partial charge in [-0.15, -0.1) is 0 Å². The van der Waals surface area contributed by atoms with E-state index in [1.54, 1.807) is 6.92 Å². The predicted molar refractivity (Wildman–Crippen MR) is 61.2 cm³/mol. The van der Waals surface area contributed by atoms with E-state index in [1.807, 2.05) is 13.8 Å². The number of hydrogen-bond acceptors (Lipinski definition) is 3. The number of carboxylic acid groups (broad SMARTS) is 1. The number of nitrogens with two attached hydrogens (primary N) is 1. The lowest BCUT2D eigenvalue weighted by atomic mass is 10.1. The third kappa shape index (κ3) is 6.39. The van der Waals surface area contributed by atoms with Crippen molar-refractivity contribution in [2.24, 2.45) is 11.7 Å². The number of aliphatic carboxylic acids is 1. The summed E-state index contributed by atoms with van der Waals surface area (Å²) in [6.45, 7) is 5.64. The zero-order valence-electron chi connectivity index (χ0n) is 10.2. The highest BCUT2D eigenvalue weighted by atomic mass is 16.4. The first kappa shape index (κ1) is 15.2. The van der Waals surface area contributed by atoms with E-state index in [9.17, 15) is 14.4 Å². The summed E-state index contributed by atoms with van der Waals surface area (Å²) in [5.41, 5.74) is 4.88. The van der Waals surface area contributed by atoms with Gasteiger partial charge >= 0.3 is 12.0 Å². The number of carbonyl (C=O) groups excluding carboxylic acids is 2. The van der Waals surface area contributed by atoms with Crippen LogP contribution in [-0.4, -0.2) is 35.1 Å². The maximum absolute atomic E-state index is 11.4. The van der Waals surface area contributed by atoms with Gasteiger partial charge in [-0.05, 0) is 12.8 Å². The number of primary amides is 1. The molecule has 2 atom stereocenters. The molecule has 7 nitrogen and oxygen atoms in total. The SMILES string of the molecule is CC(C)C(C)NC(=O)NC(CC(N)=O)C(=O)O. The maximum Gasteiger partial charge on any atom is 0.326 e. The monoisotopic (exact) mass is 245 g/mol. The molecule has 17 heavy (non-hydrogen) atoms. The van der Waals surface area contributed by atoms with E-state index in [1.165, 1.54) is 0 Å². The molecule has 3 amide bonds. The van der Waals surface area contributed by atoms with Crippen molar-refractivity contribution in [3.63, 3.8) is 0 Å². The molecule has 0 aliphatic rings. The average Bonchev–Trinajstić information content (AvgIpc) is 2.15. The molecule has 0 fully saturated rings. The Morgan fingerprint density at radius 3 is 2.06 bits per heavy atom. The van der Waals surface area contributed by atoms with Crippen LogP contribution in [0.3, 0.4) is 0 Å². The molecule has 0 aromatic carbocycles. The van der Waals surface area contributed by atoms with Crippen LogP contribution in [0.4, 0.5) is 4.79 Å². The van der Waals surface area contributed by atoms with Crippen LogP contribution >= 0.6 is 0 Å². The molecule has 0 bridgehead atoms. The van der Waals surface area contributed by atoms with Gasteiger partial charge in [-0.1, -0.05) is 13.8 Å². The number of carboxylic acids is 1. The molecular formula is C10H19N3O4. The van der Waals surface area contributed by atoms with Gasteiger partial charge in [-0.25, -0.2) is 9.59 Å². The zero-order chi connectivity index (χ0) is 13.6. The van der Waals surface area contributed by atoms with E-state index in [0.29, 0.717) is 0 Å². The highest BCUT2D eigenvalue weighted by molar-refractivity contribution is 5.87. The Morgan fingerprint density at radius 1 is 1.18 bits per heavy atom. The Labute approximate surface area is 99.7 Å². The minimum Gasteiger partial charge on any atom is -0.480 e. The van der Waals surface area contributed by atoms with Gasteiger partial charge in [0.15, 0.2) is 0 Å². The third-order valence-electron chi connectivity index (χ3n) is 2.37. The second-order valence-corrected chi connectivity index (χ2v) is 4.21. The molecule has 98 valence electrons. The Morgan fingerprint density at radius 2 is 1.71 bits per heavy atom. The summed E-state index contributed by atoms with van der Waals surface area (Å²) in [4.78, 5) is 32.8. The summed E-state index contributed by atoms with van der Waals surface area (Å²) < 4.78 is 0. The Bertz CT molecular complexity index is 304. The van der Waals surface area contributed by atoms with Crippen molar-refractivity contribution in [2.45, 2.75) is 39.3 Å². The van der Waals surface area contributed by atoms with E-state index in [-0.39, 0.29) is 12.0 Å². The number of amides is 3. The molecule has 2 unspecified atom stereocenters. The summed E-state index contributed by atoms with van der Waals surface area (Å²) in [6, 6.07) is -2.02. The normalized spacial score (nSPS) is 13.9. The Balaban J connectivity index is 4.31. The van der Waals surface area contributed by atoms with Gasteiger partial charge < -0.3 is 21.5 Å². The molecule has 0 aromatic heterocycles. The number of nitrogens with one attached hydrogen (secondary N) is 2. The van der Waals surface area contributed by atoms with Crippen LogP contribution < -0.4 is 16.4 Å². The number of rotatable bonds is 6. The molecule has 0 aromatic rings. The van der Waals surface area contributed by atoms with E-state index in [0.717, 1.165) is 0 Å². The molecule has 0 aliphatic heterocycles. The van der Waals surface area contributed by atoms with Crippen molar-refractivity contribution in [2.75, 3.05) is 0 Å². The first-order valence-corrected chi connectivity index (χ1v) is 5.32. The number of carbonyl (C=O) groups is 3. The lowest BCUT2D eigenvalue weighted by Crippen LogP contribution is -2.50. The zero-order valence-corrected chi connectivity index (χ0v) is 10.2.